The Bertz CT molecular complexity index is 246. The molecule has 0 spiro atoms. The first-order valence-corrected chi connectivity index (χ1v) is 5.43. The van der Waals surface area contributed by atoms with Gasteiger partial charge in [0.25, 0.3) is 0 Å². The molecule has 0 rings (SSSR count). The van der Waals surface area contributed by atoms with E-state index in [1.54, 1.807) is 14.2 Å². The lowest BCUT2D eigenvalue weighted by atomic mass is 9.93. The van der Waals surface area contributed by atoms with E-state index in [-0.39, 0.29) is 12.9 Å². The maximum absolute atomic E-state index is 8.53. The predicted octanol–water partition coefficient (Wildman–Crippen LogP) is 1.96. The van der Waals surface area contributed by atoms with E-state index in [9.17, 15) is 0 Å². The Morgan fingerprint density at radius 2 is 1.94 bits per heavy atom. The molecule has 0 saturated carbocycles. The largest absolute Gasteiger partial charge is 0.384 e. The number of rotatable bonds is 7. The van der Waals surface area contributed by atoms with E-state index in [2.05, 4.69) is 18.4 Å². The molecule has 1 atom stereocenters. The first-order valence-electron chi connectivity index (χ1n) is 5.43. The van der Waals surface area contributed by atoms with E-state index in [0.717, 1.165) is 24.8 Å². The fourth-order valence-corrected chi connectivity index (χ4v) is 1.48. The molecular weight excluding hydrogens is 204 g/mol. The van der Waals surface area contributed by atoms with Crippen LogP contribution in [0.5, 0.6) is 0 Å². The summed E-state index contributed by atoms with van der Waals surface area (Å²) in [5.41, 5.74) is 1.12. The van der Waals surface area contributed by atoms with Crippen LogP contribution in [0.15, 0.2) is 12.2 Å². The van der Waals surface area contributed by atoms with Crippen LogP contribution < -0.4 is 0 Å². The number of aliphatic hydroxyl groups is 1. The van der Waals surface area contributed by atoms with E-state index in [1.807, 2.05) is 6.92 Å². The van der Waals surface area contributed by atoms with Gasteiger partial charge in [0.15, 0.2) is 6.29 Å². The summed E-state index contributed by atoms with van der Waals surface area (Å²) in [5, 5.41) is 8.53. The van der Waals surface area contributed by atoms with Crippen molar-refractivity contribution in [1.82, 2.24) is 0 Å². The second-order valence-corrected chi connectivity index (χ2v) is 3.73. The van der Waals surface area contributed by atoms with Gasteiger partial charge in [-0.2, -0.15) is 0 Å². The minimum absolute atomic E-state index is 0.0729. The fourth-order valence-electron chi connectivity index (χ4n) is 1.48. The molecule has 0 aliphatic rings. The number of methoxy groups -OCH3 is 2. The SMILES string of the molecule is C=C(C)[C@H](CCC#CCO)CC(OC)OC. The molecule has 0 aromatic carbocycles. The van der Waals surface area contributed by atoms with Gasteiger partial charge in [0.2, 0.25) is 0 Å². The molecule has 0 bridgehead atoms. The zero-order chi connectivity index (χ0) is 12.4. The van der Waals surface area contributed by atoms with Gasteiger partial charge in [-0.15, -0.1) is 5.92 Å². The molecule has 0 heterocycles. The average molecular weight is 226 g/mol. The van der Waals surface area contributed by atoms with E-state index < -0.39 is 0 Å². The highest BCUT2D eigenvalue weighted by Crippen LogP contribution is 2.22. The summed E-state index contributed by atoms with van der Waals surface area (Å²) in [4.78, 5) is 0. The maximum atomic E-state index is 8.53. The highest BCUT2D eigenvalue weighted by Gasteiger charge is 2.15. The average Bonchev–Trinajstić information content (AvgIpc) is 2.28. The Balaban J connectivity index is 4.11. The van der Waals surface area contributed by atoms with Crippen molar-refractivity contribution in [3.05, 3.63) is 12.2 Å². The molecule has 3 nitrogen and oxygen atoms in total. The molecule has 1 N–H and O–H groups in total. The van der Waals surface area contributed by atoms with Crippen molar-refractivity contribution < 1.29 is 14.6 Å². The summed E-state index contributed by atoms with van der Waals surface area (Å²) in [6.45, 7) is 5.90. The van der Waals surface area contributed by atoms with Crippen LogP contribution >= 0.6 is 0 Å². The smallest absolute Gasteiger partial charge is 0.157 e. The molecule has 0 fully saturated rings. The van der Waals surface area contributed by atoms with Gasteiger partial charge in [0.1, 0.15) is 6.61 Å². The number of allylic oxidation sites excluding steroid dienone is 1. The van der Waals surface area contributed by atoms with Crippen LogP contribution in [-0.2, 0) is 9.47 Å². The molecule has 0 saturated heterocycles. The molecule has 0 aromatic heterocycles. The number of ether oxygens (including phenoxy) is 2. The Hall–Kier alpha value is -0.820. The monoisotopic (exact) mass is 226 g/mol. The molecule has 0 aliphatic heterocycles. The molecule has 3 heteroatoms. The minimum atomic E-state index is -0.187. The van der Waals surface area contributed by atoms with Gasteiger partial charge in [-0.05, 0) is 19.3 Å². The number of hydrogen-bond acceptors (Lipinski definition) is 3. The number of aliphatic hydroxyl groups excluding tert-OH is 1. The van der Waals surface area contributed by atoms with Gasteiger partial charge >= 0.3 is 0 Å². The maximum Gasteiger partial charge on any atom is 0.157 e. The van der Waals surface area contributed by atoms with Crippen molar-refractivity contribution in [2.45, 2.75) is 32.5 Å². The lowest BCUT2D eigenvalue weighted by Gasteiger charge is -2.21. The van der Waals surface area contributed by atoms with Crippen molar-refractivity contribution in [1.29, 1.82) is 0 Å². The van der Waals surface area contributed by atoms with Crippen LogP contribution in [0.3, 0.4) is 0 Å². The summed E-state index contributed by atoms with van der Waals surface area (Å²) in [6.07, 6.45) is 2.29. The van der Waals surface area contributed by atoms with Gasteiger partial charge in [-0.25, -0.2) is 0 Å². The van der Waals surface area contributed by atoms with Gasteiger partial charge in [-0.1, -0.05) is 18.1 Å². The summed E-state index contributed by atoms with van der Waals surface area (Å²) >= 11 is 0. The Kier molecular flexibility index (Phi) is 8.93. The second kappa shape index (κ2) is 9.41. The Labute approximate surface area is 98.4 Å². The quantitative estimate of drug-likeness (QED) is 0.410. The fraction of sp³-hybridized carbons (Fsp3) is 0.692. The van der Waals surface area contributed by atoms with Crippen molar-refractivity contribution in [3.63, 3.8) is 0 Å². The van der Waals surface area contributed by atoms with Crippen LogP contribution in [0.4, 0.5) is 0 Å². The van der Waals surface area contributed by atoms with Crippen LogP contribution in [0, 0.1) is 17.8 Å². The number of hydrogen-bond donors (Lipinski definition) is 1. The van der Waals surface area contributed by atoms with Crippen molar-refractivity contribution in [3.8, 4) is 11.8 Å². The topological polar surface area (TPSA) is 38.7 Å². The molecule has 0 unspecified atom stereocenters. The lowest BCUT2D eigenvalue weighted by molar-refractivity contribution is -0.112. The molecule has 0 aliphatic carbocycles. The molecule has 0 aromatic rings. The van der Waals surface area contributed by atoms with E-state index in [1.165, 1.54) is 0 Å². The zero-order valence-corrected chi connectivity index (χ0v) is 10.5. The summed E-state index contributed by atoms with van der Waals surface area (Å²) in [7, 11) is 3.27. The van der Waals surface area contributed by atoms with Crippen molar-refractivity contribution in [2.75, 3.05) is 20.8 Å². The first-order chi connectivity index (χ1) is 7.65. The Morgan fingerprint density at radius 1 is 1.31 bits per heavy atom. The van der Waals surface area contributed by atoms with E-state index >= 15 is 0 Å². The zero-order valence-electron chi connectivity index (χ0n) is 10.5. The normalized spacial score (nSPS) is 12.1. The molecule has 0 radical (unpaired) electrons. The van der Waals surface area contributed by atoms with Crippen LogP contribution in [-0.4, -0.2) is 32.2 Å². The minimum Gasteiger partial charge on any atom is -0.384 e. The Morgan fingerprint density at radius 3 is 2.38 bits per heavy atom. The standard InChI is InChI=1S/C13H22O3/c1-11(2)12(8-6-5-7-9-14)10-13(15-3)16-4/h12-14H,1,6,8-10H2,2-4H3/t12-/m1/s1. The van der Waals surface area contributed by atoms with Crippen LogP contribution in [0.1, 0.15) is 26.2 Å². The third kappa shape index (κ3) is 6.62. The van der Waals surface area contributed by atoms with Gasteiger partial charge in [0.05, 0.1) is 0 Å². The molecule has 0 amide bonds. The van der Waals surface area contributed by atoms with Gasteiger partial charge in [-0.3, -0.25) is 0 Å². The van der Waals surface area contributed by atoms with Crippen LogP contribution in [0.25, 0.3) is 0 Å². The summed E-state index contributed by atoms with van der Waals surface area (Å²) in [5.74, 6) is 5.89. The van der Waals surface area contributed by atoms with Crippen LogP contribution in [0.2, 0.25) is 0 Å². The van der Waals surface area contributed by atoms with Gasteiger partial charge in [0, 0.05) is 27.1 Å². The molecular formula is C13H22O3. The predicted molar refractivity (Wildman–Crippen MR) is 64.8 cm³/mol. The third-order valence-electron chi connectivity index (χ3n) is 2.52. The summed E-state index contributed by atoms with van der Waals surface area (Å²) in [6, 6.07) is 0. The third-order valence-corrected chi connectivity index (χ3v) is 2.52. The first kappa shape index (κ1) is 15.2. The van der Waals surface area contributed by atoms with E-state index in [4.69, 9.17) is 14.6 Å². The summed E-state index contributed by atoms with van der Waals surface area (Å²) < 4.78 is 10.3. The highest BCUT2D eigenvalue weighted by molar-refractivity contribution is 5.02. The van der Waals surface area contributed by atoms with Crippen molar-refractivity contribution >= 4 is 0 Å². The highest BCUT2D eigenvalue weighted by atomic mass is 16.7. The second-order valence-electron chi connectivity index (χ2n) is 3.73. The molecule has 16 heavy (non-hydrogen) atoms. The molecule has 92 valence electrons. The van der Waals surface area contributed by atoms with Gasteiger partial charge < -0.3 is 14.6 Å². The lowest BCUT2D eigenvalue weighted by Crippen LogP contribution is -2.18. The van der Waals surface area contributed by atoms with E-state index in [0.29, 0.717) is 5.92 Å². The van der Waals surface area contributed by atoms with Crippen molar-refractivity contribution in [2.24, 2.45) is 5.92 Å².